The van der Waals surface area contributed by atoms with Crippen molar-refractivity contribution in [3.8, 4) is 11.1 Å². The summed E-state index contributed by atoms with van der Waals surface area (Å²) >= 11 is 0. The van der Waals surface area contributed by atoms with Crippen molar-refractivity contribution < 1.29 is 0 Å². The molecule has 1 aromatic heterocycles. The molecule has 0 radical (unpaired) electrons. The van der Waals surface area contributed by atoms with Crippen LogP contribution in [0.25, 0.3) is 11.1 Å². The van der Waals surface area contributed by atoms with Gasteiger partial charge in [0, 0.05) is 11.8 Å². The molecular weight excluding hydrogens is 210 g/mol. The van der Waals surface area contributed by atoms with E-state index >= 15 is 0 Å². The summed E-state index contributed by atoms with van der Waals surface area (Å²) in [5.41, 5.74) is 9.98. The number of aromatic amines is 1. The lowest BCUT2D eigenvalue weighted by atomic mass is 9.95. The van der Waals surface area contributed by atoms with Crippen molar-refractivity contribution in [2.24, 2.45) is 11.1 Å². The number of hydrogen-bond acceptors (Lipinski definition) is 2. The minimum absolute atomic E-state index is 0.398. The molecule has 1 aromatic carbocycles. The van der Waals surface area contributed by atoms with E-state index in [1.54, 1.807) is 0 Å². The molecule has 2 aromatic rings. The summed E-state index contributed by atoms with van der Waals surface area (Å²) in [7, 11) is 0. The maximum absolute atomic E-state index is 5.83. The molecule has 88 valence electrons. The Morgan fingerprint density at radius 2 is 2.18 bits per heavy atom. The summed E-state index contributed by atoms with van der Waals surface area (Å²) < 4.78 is 0. The largest absolute Gasteiger partial charge is 0.330 e. The Bertz CT molecular complexity index is 498. The van der Waals surface area contributed by atoms with Crippen LogP contribution in [-0.4, -0.2) is 16.7 Å². The van der Waals surface area contributed by atoms with Gasteiger partial charge in [-0.25, -0.2) is 0 Å². The van der Waals surface area contributed by atoms with Crippen LogP contribution < -0.4 is 5.73 Å². The zero-order valence-electron chi connectivity index (χ0n) is 9.82. The van der Waals surface area contributed by atoms with Crippen LogP contribution in [0.15, 0.2) is 36.7 Å². The van der Waals surface area contributed by atoms with E-state index in [1.807, 2.05) is 12.4 Å². The molecule has 0 saturated heterocycles. The molecule has 0 spiro atoms. The Morgan fingerprint density at radius 1 is 1.29 bits per heavy atom. The lowest BCUT2D eigenvalue weighted by Crippen LogP contribution is -2.17. The van der Waals surface area contributed by atoms with E-state index in [1.165, 1.54) is 24.0 Å². The molecule has 0 aliphatic heterocycles. The molecule has 3 heteroatoms. The number of aromatic nitrogens is 2. The van der Waals surface area contributed by atoms with E-state index in [-0.39, 0.29) is 0 Å². The van der Waals surface area contributed by atoms with Gasteiger partial charge in [0.25, 0.3) is 0 Å². The van der Waals surface area contributed by atoms with Crippen molar-refractivity contribution >= 4 is 0 Å². The minimum atomic E-state index is 0.398. The van der Waals surface area contributed by atoms with Crippen LogP contribution in [0, 0.1) is 5.41 Å². The Balaban J connectivity index is 1.85. The molecule has 3 nitrogen and oxygen atoms in total. The normalized spacial score (nSPS) is 17.0. The fourth-order valence-corrected chi connectivity index (χ4v) is 2.33. The number of nitrogens with one attached hydrogen (secondary N) is 1. The third-order valence-electron chi connectivity index (χ3n) is 3.73. The predicted octanol–water partition coefficient (Wildman–Crippen LogP) is 2.36. The van der Waals surface area contributed by atoms with Gasteiger partial charge in [0.15, 0.2) is 0 Å². The first kappa shape index (κ1) is 10.5. The molecule has 3 rings (SSSR count). The molecule has 17 heavy (non-hydrogen) atoms. The molecule has 1 aliphatic rings. The molecule has 1 aliphatic carbocycles. The molecular formula is C14H17N3. The van der Waals surface area contributed by atoms with E-state index in [9.17, 15) is 0 Å². The summed E-state index contributed by atoms with van der Waals surface area (Å²) in [6.45, 7) is 0.808. The van der Waals surface area contributed by atoms with E-state index in [0.717, 1.165) is 18.5 Å². The van der Waals surface area contributed by atoms with E-state index < -0.39 is 0 Å². The molecule has 1 fully saturated rings. The summed E-state index contributed by atoms with van der Waals surface area (Å²) in [5.74, 6) is 0. The quantitative estimate of drug-likeness (QED) is 0.842. The van der Waals surface area contributed by atoms with Gasteiger partial charge < -0.3 is 5.73 Å². The van der Waals surface area contributed by atoms with Crippen molar-refractivity contribution in [3.63, 3.8) is 0 Å². The molecule has 0 amide bonds. The van der Waals surface area contributed by atoms with E-state index in [4.69, 9.17) is 5.73 Å². The van der Waals surface area contributed by atoms with Gasteiger partial charge in [-0.1, -0.05) is 24.3 Å². The van der Waals surface area contributed by atoms with Gasteiger partial charge in [0.2, 0.25) is 0 Å². The Morgan fingerprint density at radius 3 is 2.82 bits per heavy atom. The topological polar surface area (TPSA) is 54.7 Å². The summed E-state index contributed by atoms with van der Waals surface area (Å²) in [6, 6.07) is 8.68. The number of hydrogen-bond donors (Lipinski definition) is 2. The molecule has 1 heterocycles. The van der Waals surface area contributed by atoms with Gasteiger partial charge in [-0.15, -0.1) is 0 Å². The van der Waals surface area contributed by atoms with Crippen molar-refractivity contribution in [3.05, 3.63) is 42.2 Å². The number of H-pyrrole nitrogens is 1. The number of nitrogens with zero attached hydrogens (tertiary/aromatic N) is 1. The zero-order chi connectivity index (χ0) is 11.7. The maximum Gasteiger partial charge on any atom is 0.0565 e. The maximum atomic E-state index is 5.83. The summed E-state index contributed by atoms with van der Waals surface area (Å²) in [5, 5.41) is 6.84. The van der Waals surface area contributed by atoms with Gasteiger partial charge >= 0.3 is 0 Å². The summed E-state index contributed by atoms with van der Waals surface area (Å²) in [6.07, 6.45) is 7.44. The second-order valence-electron chi connectivity index (χ2n) is 5.07. The van der Waals surface area contributed by atoms with Crippen molar-refractivity contribution in [1.29, 1.82) is 0 Å². The van der Waals surface area contributed by atoms with Crippen LogP contribution in [0.1, 0.15) is 18.4 Å². The number of nitrogens with two attached hydrogens (primary N) is 1. The smallest absolute Gasteiger partial charge is 0.0565 e. The van der Waals surface area contributed by atoms with Gasteiger partial charge in [-0.2, -0.15) is 5.10 Å². The van der Waals surface area contributed by atoms with Crippen LogP contribution in [0.2, 0.25) is 0 Å². The predicted molar refractivity (Wildman–Crippen MR) is 68.4 cm³/mol. The second-order valence-corrected chi connectivity index (χ2v) is 5.07. The van der Waals surface area contributed by atoms with Crippen molar-refractivity contribution in [1.82, 2.24) is 10.2 Å². The Kier molecular flexibility index (Phi) is 2.48. The molecule has 0 bridgehead atoms. The molecule has 1 saturated carbocycles. The zero-order valence-corrected chi connectivity index (χ0v) is 9.82. The first-order chi connectivity index (χ1) is 8.31. The highest BCUT2D eigenvalue weighted by molar-refractivity contribution is 5.62. The highest BCUT2D eigenvalue weighted by atomic mass is 15.1. The fourth-order valence-electron chi connectivity index (χ4n) is 2.33. The number of benzene rings is 1. The van der Waals surface area contributed by atoms with Crippen LogP contribution in [0.4, 0.5) is 0 Å². The third-order valence-corrected chi connectivity index (χ3v) is 3.73. The minimum Gasteiger partial charge on any atom is -0.330 e. The molecule has 0 unspecified atom stereocenters. The lowest BCUT2D eigenvalue weighted by Gasteiger charge is -2.12. The van der Waals surface area contributed by atoms with Gasteiger partial charge in [-0.05, 0) is 42.3 Å². The third kappa shape index (κ3) is 2.11. The van der Waals surface area contributed by atoms with Crippen LogP contribution in [0.5, 0.6) is 0 Å². The molecule has 0 atom stereocenters. The monoisotopic (exact) mass is 227 g/mol. The van der Waals surface area contributed by atoms with Crippen molar-refractivity contribution in [2.75, 3.05) is 6.54 Å². The highest BCUT2D eigenvalue weighted by Gasteiger charge is 2.40. The van der Waals surface area contributed by atoms with Crippen molar-refractivity contribution in [2.45, 2.75) is 19.3 Å². The van der Waals surface area contributed by atoms with Gasteiger partial charge in [0.05, 0.1) is 6.20 Å². The Labute approximate surface area is 101 Å². The highest BCUT2D eigenvalue weighted by Crippen LogP contribution is 2.47. The van der Waals surface area contributed by atoms with Gasteiger partial charge in [0.1, 0.15) is 0 Å². The summed E-state index contributed by atoms with van der Waals surface area (Å²) in [4.78, 5) is 0. The Hall–Kier alpha value is -1.61. The fraction of sp³-hybridized carbons (Fsp3) is 0.357. The van der Waals surface area contributed by atoms with Crippen LogP contribution >= 0.6 is 0 Å². The first-order valence-electron chi connectivity index (χ1n) is 6.10. The second kappa shape index (κ2) is 4.00. The first-order valence-corrected chi connectivity index (χ1v) is 6.10. The number of rotatable bonds is 4. The van der Waals surface area contributed by atoms with E-state index in [0.29, 0.717) is 5.41 Å². The van der Waals surface area contributed by atoms with Gasteiger partial charge in [-0.3, -0.25) is 5.10 Å². The van der Waals surface area contributed by atoms with E-state index in [2.05, 4.69) is 34.5 Å². The molecule has 3 N–H and O–H groups in total. The van der Waals surface area contributed by atoms with Crippen LogP contribution in [0.3, 0.4) is 0 Å². The SMILES string of the molecule is NCC1(Cc2cccc(-c3cn[nH]c3)c2)CC1. The average Bonchev–Trinajstić information content (AvgIpc) is 2.93. The standard InChI is InChI=1S/C14H17N3/c15-10-14(4-5-14)7-11-2-1-3-12(6-11)13-8-16-17-9-13/h1-3,6,8-9H,4-5,7,10,15H2,(H,16,17). The average molecular weight is 227 g/mol. The lowest BCUT2D eigenvalue weighted by molar-refractivity contribution is 0.521. The van der Waals surface area contributed by atoms with Crippen LogP contribution in [-0.2, 0) is 6.42 Å².